The number of likely N-dealkylation sites (tertiary alicyclic amines) is 1. The lowest BCUT2D eigenvalue weighted by atomic mass is 9.97. The number of furan rings is 1. The highest BCUT2D eigenvalue weighted by Gasteiger charge is 2.27. The molecule has 33 heavy (non-hydrogen) atoms. The molecule has 2 heterocycles. The number of amides is 1. The van der Waals surface area contributed by atoms with Gasteiger partial charge in [0.15, 0.2) is 5.76 Å². The molecular formula is C25H30N2O5S. The van der Waals surface area contributed by atoms with Crippen molar-refractivity contribution in [1.82, 2.24) is 9.62 Å². The summed E-state index contributed by atoms with van der Waals surface area (Å²) in [6.07, 6.45) is 1.47. The second-order valence-corrected chi connectivity index (χ2v) is 10.7. The standard InChI is InChI=1S/C25H30N2O5S/c1-18(2)17-31-21-7-9-22(10-8-21)33(29,30)26-16-19-11-13-27(14-12-19)25(28)24-15-20-5-3-4-6-23(20)32-24/h3-10,15,18-19,26H,11-14,16-17H2,1-2H3. The molecule has 1 aromatic heterocycles. The monoisotopic (exact) mass is 470 g/mol. The van der Waals surface area contributed by atoms with Gasteiger partial charge in [0, 0.05) is 25.0 Å². The molecule has 1 fully saturated rings. The minimum absolute atomic E-state index is 0.120. The van der Waals surface area contributed by atoms with Crippen molar-refractivity contribution in [3.63, 3.8) is 0 Å². The maximum atomic E-state index is 12.8. The van der Waals surface area contributed by atoms with E-state index < -0.39 is 10.0 Å². The number of ether oxygens (including phenoxy) is 1. The maximum absolute atomic E-state index is 12.8. The van der Waals surface area contributed by atoms with Gasteiger partial charge in [-0.1, -0.05) is 32.0 Å². The Labute approximate surface area is 194 Å². The number of benzene rings is 2. The molecule has 0 bridgehead atoms. The van der Waals surface area contributed by atoms with Crippen LogP contribution in [0.25, 0.3) is 11.0 Å². The zero-order chi connectivity index (χ0) is 23.4. The third-order valence-corrected chi connectivity index (χ3v) is 7.26. The lowest BCUT2D eigenvalue weighted by Gasteiger charge is -2.31. The molecule has 7 nitrogen and oxygen atoms in total. The Morgan fingerprint density at radius 1 is 1.12 bits per heavy atom. The normalized spacial score (nSPS) is 15.3. The molecule has 1 saturated heterocycles. The molecule has 0 unspecified atom stereocenters. The van der Waals surface area contributed by atoms with E-state index in [2.05, 4.69) is 18.6 Å². The van der Waals surface area contributed by atoms with Gasteiger partial charge in [0.05, 0.1) is 11.5 Å². The van der Waals surface area contributed by atoms with Gasteiger partial charge in [0.25, 0.3) is 5.91 Å². The summed E-state index contributed by atoms with van der Waals surface area (Å²) < 4.78 is 39.4. The van der Waals surface area contributed by atoms with Crippen LogP contribution in [0.4, 0.5) is 0 Å². The number of para-hydroxylation sites is 1. The molecule has 1 aliphatic rings. The predicted octanol–water partition coefficient (Wildman–Crippen LogP) is 4.30. The van der Waals surface area contributed by atoms with E-state index in [0.717, 1.165) is 18.2 Å². The number of carbonyl (C=O) groups excluding carboxylic acids is 1. The molecule has 8 heteroatoms. The van der Waals surface area contributed by atoms with Crippen molar-refractivity contribution in [3.05, 3.63) is 60.4 Å². The lowest BCUT2D eigenvalue weighted by molar-refractivity contribution is 0.0662. The van der Waals surface area contributed by atoms with E-state index in [9.17, 15) is 13.2 Å². The van der Waals surface area contributed by atoms with Crippen LogP contribution in [-0.2, 0) is 10.0 Å². The molecule has 3 aromatic rings. The minimum Gasteiger partial charge on any atom is -0.493 e. The molecule has 1 aliphatic heterocycles. The van der Waals surface area contributed by atoms with Crippen LogP contribution in [0.3, 0.4) is 0 Å². The first-order valence-corrected chi connectivity index (χ1v) is 12.8. The van der Waals surface area contributed by atoms with Crippen molar-refractivity contribution >= 4 is 26.9 Å². The topological polar surface area (TPSA) is 88.9 Å². The van der Waals surface area contributed by atoms with E-state index in [0.29, 0.717) is 49.3 Å². The molecule has 2 aromatic carbocycles. The number of hydrogen-bond acceptors (Lipinski definition) is 5. The molecule has 0 radical (unpaired) electrons. The first-order valence-electron chi connectivity index (χ1n) is 11.3. The lowest BCUT2D eigenvalue weighted by Crippen LogP contribution is -2.41. The Balaban J connectivity index is 1.27. The van der Waals surface area contributed by atoms with Crippen molar-refractivity contribution < 1.29 is 22.4 Å². The van der Waals surface area contributed by atoms with Crippen LogP contribution < -0.4 is 9.46 Å². The fourth-order valence-corrected chi connectivity index (χ4v) is 4.99. The molecule has 176 valence electrons. The van der Waals surface area contributed by atoms with Gasteiger partial charge < -0.3 is 14.1 Å². The largest absolute Gasteiger partial charge is 0.493 e. The van der Waals surface area contributed by atoms with Crippen LogP contribution in [0, 0.1) is 11.8 Å². The Bertz CT molecular complexity index is 1160. The maximum Gasteiger partial charge on any atom is 0.289 e. The fraction of sp³-hybridized carbons (Fsp3) is 0.400. The molecule has 0 spiro atoms. The number of sulfonamides is 1. The van der Waals surface area contributed by atoms with Crippen LogP contribution in [0.1, 0.15) is 37.2 Å². The third kappa shape index (κ3) is 5.75. The average Bonchev–Trinajstić information content (AvgIpc) is 3.26. The van der Waals surface area contributed by atoms with Crippen molar-refractivity contribution in [3.8, 4) is 5.75 Å². The second kappa shape index (κ2) is 9.97. The van der Waals surface area contributed by atoms with Gasteiger partial charge in [-0.05, 0) is 61.1 Å². The summed E-state index contributed by atoms with van der Waals surface area (Å²) in [6, 6.07) is 15.8. The number of nitrogens with one attached hydrogen (secondary N) is 1. The summed E-state index contributed by atoms with van der Waals surface area (Å²) in [4.78, 5) is 14.8. The zero-order valence-corrected chi connectivity index (χ0v) is 19.8. The van der Waals surface area contributed by atoms with Crippen LogP contribution in [0.15, 0.2) is 63.9 Å². The summed E-state index contributed by atoms with van der Waals surface area (Å²) in [7, 11) is -3.60. The molecule has 0 saturated carbocycles. The zero-order valence-electron chi connectivity index (χ0n) is 19.0. The van der Waals surface area contributed by atoms with Gasteiger partial charge in [0.2, 0.25) is 10.0 Å². The van der Waals surface area contributed by atoms with Gasteiger partial charge in [-0.15, -0.1) is 0 Å². The van der Waals surface area contributed by atoms with E-state index in [-0.39, 0.29) is 16.7 Å². The van der Waals surface area contributed by atoms with Crippen LogP contribution in [-0.4, -0.2) is 45.5 Å². The van der Waals surface area contributed by atoms with Crippen molar-refractivity contribution in [2.75, 3.05) is 26.2 Å². The van der Waals surface area contributed by atoms with Crippen molar-refractivity contribution in [2.45, 2.75) is 31.6 Å². The predicted molar refractivity (Wildman–Crippen MR) is 127 cm³/mol. The Morgan fingerprint density at radius 2 is 1.82 bits per heavy atom. The number of nitrogens with zero attached hydrogens (tertiary/aromatic N) is 1. The summed E-state index contributed by atoms with van der Waals surface area (Å²) in [5.41, 5.74) is 0.699. The molecule has 1 amide bonds. The SMILES string of the molecule is CC(C)COc1ccc(S(=O)(=O)NCC2CCN(C(=O)c3cc4ccccc4o3)CC2)cc1. The number of carbonyl (C=O) groups is 1. The van der Waals surface area contributed by atoms with Crippen LogP contribution in [0.5, 0.6) is 5.75 Å². The Kier molecular flexibility index (Phi) is 7.05. The molecule has 4 rings (SSSR count). The van der Waals surface area contributed by atoms with Gasteiger partial charge in [0.1, 0.15) is 11.3 Å². The second-order valence-electron chi connectivity index (χ2n) is 8.91. The highest BCUT2D eigenvalue weighted by Crippen LogP contribution is 2.24. The first kappa shape index (κ1) is 23.3. The van der Waals surface area contributed by atoms with Gasteiger partial charge >= 0.3 is 0 Å². The average molecular weight is 471 g/mol. The summed E-state index contributed by atoms with van der Waals surface area (Å²) in [5.74, 6) is 1.45. The van der Waals surface area contributed by atoms with Gasteiger partial charge in [-0.2, -0.15) is 0 Å². The van der Waals surface area contributed by atoms with E-state index in [4.69, 9.17) is 9.15 Å². The van der Waals surface area contributed by atoms with Crippen LogP contribution in [0.2, 0.25) is 0 Å². The van der Waals surface area contributed by atoms with E-state index >= 15 is 0 Å². The summed E-state index contributed by atoms with van der Waals surface area (Å²) >= 11 is 0. The molecule has 0 aliphatic carbocycles. The highest BCUT2D eigenvalue weighted by molar-refractivity contribution is 7.89. The number of piperidine rings is 1. The third-order valence-electron chi connectivity index (χ3n) is 5.82. The molecule has 1 N–H and O–H groups in total. The quantitative estimate of drug-likeness (QED) is 0.530. The van der Waals surface area contributed by atoms with Crippen molar-refractivity contribution in [2.24, 2.45) is 11.8 Å². The number of rotatable bonds is 8. The minimum atomic E-state index is -3.60. The number of fused-ring (bicyclic) bond motifs is 1. The Hall–Kier alpha value is -2.84. The van der Waals surface area contributed by atoms with Gasteiger partial charge in [-0.25, -0.2) is 13.1 Å². The summed E-state index contributed by atoms with van der Waals surface area (Å²) in [5, 5.41) is 0.907. The van der Waals surface area contributed by atoms with Crippen LogP contribution >= 0.6 is 0 Å². The van der Waals surface area contributed by atoms with Gasteiger partial charge in [-0.3, -0.25) is 4.79 Å². The molecular weight excluding hydrogens is 440 g/mol. The smallest absolute Gasteiger partial charge is 0.289 e. The molecule has 0 atom stereocenters. The highest BCUT2D eigenvalue weighted by atomic mass is 32.2. The first-order chi connectivity index (χ1) is 15.8. The summed E-state index contributed by atoms with van der Waals surface area (Å²) in [6.45, 7) is 6.20. The van der Waals surface area contributed by atoms with Crippen molar-refractivity contribution in [1.29, 1.82) is 0 Å². The van der Waals surface area contributed by atoms with E-state index in [1.165, 1.54) is 0 Å². The Morgan fingerprint density at radius 3 is 2.48 bits per heavy atom. The van der Waals surface area contributed by atoms with E-state index in [1.54, 1.807) is 35.2 Å². The number of hydrogen-bond donors (Lipinski definition) is 1. The fourth-order valence-electron chi connectivity index (χ4n) is 3.87. The van der Waals surface area contributed by atoms with E-state index in [1.807, 2.05) is 24.3 Å².